The zero-order valence-corrected chi connectivity index (χ0v) is 21.5. The molecule has 0 unspecified atom stereocenters. The Morgan fingerprint density at radius 3 is 2.33 bits per heavy atom. The van der Waals surface area contributed by atoms with E-state index >= 15 is 0 Å². The molecule has 8 heteroatoms. The van der Waals surface area contributed by atoms with Crippen molar-refractivity contribution in [3.8, 4) is 6.07 Å². The molecule has 0 radical (unpaired) electrons. The van der Waals surface area contributed by atoms with Gasteiger partial charge in [0.05, 0.1) is 28.3 Å². The highest BCUT2D eigenvalue weighted by molar-refractivity contribution is 8.03. The number of benzene rings is 3. The number of anilines is 1. The Kier molecular flexibility index (Phi) is 8.17. The Balaban J connectivity index is 1.70. The summed E-state index contributed by atoms with van der Waals surface area (Å²) in [6.07, 6.45) is 0. The molecule has 1 aliphatic rings. The van der Waals surface area contributed by atoms with Crippen LogP contribution < -0.4 is 10.6 Å². The predicted octanol–water partition coefficient (Wildman–Crippen LogP) is 6.94. The van der Waals surface area contributed by atoms with E-state index in [0.717, 1.165) is 0 Å². The largest absolute Gasteiger partial charge is 0.353 e. The van der Waals surface area contributed by atoms with E-state index in [0.29, 0.717) is 48.7 Å². The lowest BCUT2D eigenvalue weighted by Gasteiger charge is -2.30. The van der Waals surface area contributed by atoms with Crippen LogP contribution in [0.4, 0.5) is 5.69 Å². The highest BCUT2D eigenvalue weighted by atomic mass is 35.5. The first-order valence-electron chi connectivity index (χ1n) is 11.0. The maximum Gasteiger partial charge on any atom is 0.254 e. The molecule has 180 valence electrons. The monoisotopic (exact) mass is 533 g/mol. The van der Waals surface area contributed by atoms with Gasteiger partial charge in [0.15, 0.2) is 5.78 Å². The lowest BCUT2D eigenvalue weighted by atomic mass is 9.82. The van der Waals surface area contributed by atoms with E-state index in [1.807, 2.05) is 24.3 Å². The molecule has 1 amide bonds. The molecule has 1 aliphatic heterocycles. The Morgan fingerprint density at radius 1 is 1.00 bits per heavy atom. The van der Waals surface area contributed by atoms with Crippen LogP contribution in [-0.2, 0) is 4.79 Å². The van der Waals surface area contributed by atoms with Gasteiger partial charge < -0.3 is 10.6 Å². The normalized spacial score (nSPS) is 15.2. The maximum atomic E-state index is 13.5. The molecular formula is C28H21Cl2N3O2S. The number of amides is 1. The number of dihydropyridines is 1. The molecule has 4 rings (SSSR count). The summed E-state index contributed by atoms with van der Waals surface area (Å²) in [4.78, 5) is 26.2. The second-order valence-corrected chi connectivity index (χ2v) is 9.84. The average molecular weight is 534 g/mol. The van der Waals surface area contributed by atoms with E-state index < -0.39 is 5.92 Å². The number of thioether (sulfide) groups is 1. The van der Waals surface area contributed by atoms with E-state index in [4.69, 9.17) is 23.2 Å². The third-order valence-corrected chi connectivity index (χ3v) is 7.27. The highest BCUT2D eigenvalue weighted by Gasteiger charge is 2.36. The highest BCUT2D eigenvalue weighted by Crippen LogP contribution is 2.43. The van der Waals surface area contributed by atoms with Gasteiger partial charge in [-0.15, -0.1) is 0 Å². The molecule has 0 aliphatic carbocycles. The van der Waals surface area contributed by atoms with Crippen molar-refractivity contribution in [2.75, 3.05) is 11.1 Å². The number of nitriles is 1. The number of halogens is 2. The Labute approximate surface area is 223 Å². The maximum absolute atomic E-state index is 13.5. The topological polar surface area (TPSA) is 82.0 Å². The van der Waals surface area contributed by atoms with Gasteiger partial charge in [0.2, 0.25) is 0 Å². The van der Waals surface area contributed by atoms with Gasteiger partial charge in [0.25, 0.3) is 5.91 Å². The molecule has 5 nitrogen and oxygen atoms in total. The average Bonchev–Trinajstić information content (AvgIpc) is 2.89. The number of carbonyl (C=O) groups is 2. The molecule has 2 N–H and O–H groups in total. The zero-order valence-electron chi connectivity index (χ0n) is 19.2. The van der Waals surface area contributed by atoms with Crippen molar-refractivity contribution in [1.82, 2.24) is 5.32 Å². The van der Waals surface area contributed by atoms with E-state index in [1.54, 1.807) is 61.5 Å². The van der Waals surface area contributed by atoms with E-state index in [-0.39, 0.29) is 17.4 Å². The Bertz CT molecular complexity index is 1410. The van der Waals surface area contributed by atoms with Crippen LogP contribution in [0.5, 0.6) is 0 Å². The number of nitrogens with one attached hydrogen (secondary N) is 2. The minimum absolute atomic E-state index is 0.0607. The van der Waals surface area contributed by atoms with Gasteiger partial charge in [0, 0.05) is 32.6 Å². The van der Waals surface area contributed by atoms with Crippen LogP contribution in [0.1, 0.15) is 28.8 Å². The molecule has 0 saturated carbocycles. The van der Waals surface area contributed by atoms with Crippen LogP contribution in [-0.4, -0.2) is 17.4 Å². The first-order valence-corrected chi connectivity index (χ1v) is 12.8. The summed E-state index contributed by atoms with van der Waals surface area (Å²) in [6, 6.07) is 25.1. The molecule has 0 fully saturated rings. The van der Waals surface area contributed by atoms with Gasteiger partial charge in [-0.05, 0) is 42.8 Å². The second kappa shape index (κ2) is 11.5. The smallest absolute Gasteiger partial charge is 0.254 e. The minimum atomic E-state index is -0.716. The Hall–Kier alpha value is -3.50. The van der Waals surface area contributed by atoms with Gasteiger partial charge in [-0.3, -0.25) is 9.59 Å². The number of allylic oxidation sites excluding steroid dienone is 2. The number of hydrogen-bond donors (Lipinski definition) is 2. The van der Waals surface area contributed by atoms with Crippen molar-refractivity contribution >= 4 is 52.3 Å². The van der Waals surface area contributed by atoms with Crippen LogP contribution in [0.15, 0.2) is 101 Å². The minimum Gasteiger partial charge on any atom is -0.353 e. The summed E-state index contributed by atoms with van der Waals surface area (Å²) in [5.74, 6) is -1.02. The van der Waals surface area contributed by atoms with E-state index in [2.05, 4.69) is 16.7 Å². The molecule has 36 heavy (non-hydrogen) atoms. The Morgan fingerprint density at radius 2 is 1.67 bits per heavy atom. The van der Waals surface area contributed by atoms with Crippen molar-refractivity contribution in [3.05, 3.63) is 122 Å². The lowest BCUT2D eigenvalue weighted by molar-refractivity contribution is -0.113. The fourth-order valence-corrected chi connectivity index (χ4v) is 5.28. The van der Waals surface area contributed by atoms with Gasteiger partial charge in [-0.25, -0.2) is 0 Å². The molecule has 3 aromatic rings. The molecule has 0 bridgehead atoms. The molecule has 1 atom stereocenters. The van der Waals surface area contributed by atoms with Crippen molar-refractivity contribution in [3.63, 3.8) is 0 Å². The van der Waals surface area contributed by atoms with Gasteiger partial charge in [0.1, 0.15) is 0 Å². The third-order valence-electron chi connectivity index (χ3n) is 5.65. The summed E-state index contributed by atoms with van der Waals surface area (Å²) in [7, 11) is 0. The quantitative estimate of drug-likeness (QED) is 0.321. The van der Waals surface area contributed by atoms with E-state index in [1.165, 1.54) is 11.8 Å². The number of nitrogens with zero attached hydrogens (tertiary/aromatic N) is 1. The zero-order chi connectivity index (χ0) is 25.7. The van der Waals surface area contributed by atoms with Gasteiger partial charge in [-0.1, -0.05) is 83.5 Å². The fourth-order valence-electron chi connectivity index (χ4n) is 3.92. The lowest BCUT2D eigenvalue weighted by Crippen LogP contribution is -2.31. The molecular weight excluding hydrogens is 513 g/mol. The number of ketones is 1. The van der Waals surface area contributed by atoms with Crippen molar-refractivity contribution in [2.24, 2.45) is 0 Å². The van der Waals surface area contributed by atoms with Crippen LogP contribution in [0.25, 0.3) is 0 Å². The van der Waals surface area contributed by atoms with Gasteiger partial charge >= 0.3 is 0 Å². The molecule has 3 aromatic carbocycles. The number of carbonyl (C=O) groups excluding carboxylic acids is 2. The fraction of sp³-hybridized carbons (Fsp3) is 0.107. The van der Waals surface area contributed by atoms with Crippen molar-refractivity contribution < 1.29 is 9.59 Å². The SMILES string of the molecule is CC1=C(C(=O)Nc2ccc(Cl)cc2)[C@@H](c2ccccc2Cl)C(C#N)=C(SCC(=O)c2ccccc2)N1. The number of Topliss-reactive ketones (excluding diaryl/α,β-unsaturated/α-hetero) is 1. The molecule has 0 saturated heterocycles. The van der Waals surface area contributed by atoms with Crippen molar-refractivity contribution in [1.29, 1.82) is 5.26 Å². The summed E-state index contributed by atoms with van der Waals surface area (Å²) in [5.41, 5.74) is 3.05. The van der Waals surface area contributed by atoms with Crippen LogP contribution in [0, 0.1) is 11.3 Å². The molecule has 0 aromatic heterocycles. The van der Waals surface area contributed by atoms with Crippen LogP contribution in [0.2, 0.25) is 10.0 Å². The van der Waals surface area contributed by atoms with Gasteiger partial charge in [-0.2, -0.15) is 5.26 Å². The first kappa shape index (κ1) is 25.6. The van der Waals surface area contributed by atoms with E-state index in [9.17, 15) is 14.9 Å². The number of rotatable bonds is 7. The van der Waals surface area contributed by atoms with Crippen LogP contribution >= 0.6 is 35.0 Å². The predicted molar refractivity (Wildman–Crippen MR) is 146 cm³/mol. The van der Waals surface area contributed by atoms with Crippen LogP contribution in [0.3, 0.4) is 0 Å². The standard InChI is InChI=1S/C28H21Cl2N3O2S/c1-17-25(27(35)33-20-13-11-19(29)12-14-20)26(21-9-5-6-10-23(21)30)22(15-31)28(32-17)36-16-24(34)18-7-3-2-4-8-18/h2-14,26,32H,16H2,1H3,(H,33,35)/t26-/m0/s1. The van der Waals surface area contributed by atoms with Crippen molar-refractivity contribution in [2.45, 2.75) is 12.8 Å². The third kappa shape index (κ3) is 5.66. The first-order chi connectivity index (χ1) is 17.4. The molecule has 0 spiro atoms. The summed E-state index contributed by atoms with van der Waals surface area (Å²) >= 11 is 13.8. The number of hydrogen-bond acceptors (Lipinski definition) is 5. The summed E-state index contributed by atoms with van der Waals surface area (Å²) in [6.45, 7) is 1.77. The summed E-state index contributed by atoms with van der Waals surface area (Å²) < 4.78 is 0. The molecule has 1 heterocycles. The summed E-state index contributed by atoms with van der Waals surface area (Å²) in [5, 5.41) is 17.8. The second-order valence-electron chi connectivity index (χ2n) is 8.01.